The second-order valence-electron chi connectivity index (χ2n) is 7.06. The molecule has 2 amide bonds. The highest BCUT2D eigenvalue weighted by atomic mass is 16.6. The van der Waals surface area contributed by atoms with Crippen LogP contribution in [0.15, 0.2) is 49.1 Å². The average molecular weight is 394 g/mol. The van der Waals surface area contributed by atoms with Crippen LogP contribution in [-0.4, -0.2) is 43.1 Å². The first-order valence-electron chi connectivity index (χ1n) is 9.33. The number of benzene rings is 2. The third kappa shape index (κ3) is 2.94. The first-order chi connectivity index (χ1) is 14.0. The van der Waals surface area contributed by atoms with E-state index >= 15 is 0 Å². The quantitative estimate of drug-likeness (QED) is 0.810. The fraction of sp³-hybridized carbons (Fsp3) is 0.273. The SMILES string of the molecule is C=CCOC(=O)N1c2cc(C)c(OC)cc2C(=O)N2c3ccccc3C[C@H]2C1O. The third-order valence-corrected chi connectivity index (χ3v) is 5.36. The molecule has 0 aromatic heterocycles. The van der Waals surface area contributed by atoms with Crippen LogP contribution in [-0.2, 0) is 11.2 Å². The predicted octanol–water partition coefficient (Wildman–Crippen LogP) is 3.04. The molecular formula is C22H22N2O5. The molecule has 150 valence electrons. The van der Waals surface area contributed by atoms with Gasteiger partial charge in [-0.2, -0.15) is 0 Å². The van der Waals surface area contributed by atoms with Gasteiger partial charge in [-0.3, -0.25) is 4.79 Å². The fourth-order valence-electron chi connectivity index (χ4n) is 4.03. The van der Waals surface area contributed by atoms with Crippen molar-refractivity contribution in [3.63, 3.8) is 0 Å². The number of fused-ring (bicyclic) bond motifs is 4. The number of carbonyl (C=O) groups excluding carboxylic acids is 2. The Balaban J connectivity index is 1.91. The Labute approximate surface area is 168 Å². The molecule has 2 aromatic rings. The third-order valence-electron chi connectivity index (χ3n) is 5.36. The number of anilines is 2. The van der Waals surface area contributed by atoms with Crippen molar-refractivity contribution in [2.75, 3.05) is 23.5 Å². The van der Waals surface area contributed by atoms with Crippen LogP contribution in [0, 0.1) is 6.92 Å². The van der Waals surface area contributed by atoms with Crippen LogP contribution in [0.4, 0.5) is 16.2 Å². The van der Waals surface area contributed by atoms with Crippen LogP contribution in [0.5, 0.6) is 5.75 Å². The number of carbonyl (C=O) groups is 2. The van der Waals surface area contributed by atoms with Gasteiger partial charge in [-0.25, -0.2) is 9.69 Å². The van der Waals surface area contributed by atoms with E-state index in [1.165, 1.54) is 13.2 Å². The molecular weight excluding hydrogens is 372 g/mol. The second kappa shape index (κ2) is 7.25. The highest BCUT2D eigenvalue weighted by Crippen LogP contribution is 2.42. The molecule has 29 heavy (non-hydrogen) atoms. The van der Waals surface area contributed by atoms with Crippen LogP contribution in [0.3, 0.4) is 0 Å². The molecule has 0 radical (unpaired) electrons. The van der Waals surface area contributed by atoms with E-state index in [1.807, 2.05) is 31.2 Å². The lowest BCUT2D eigenvalue weighted by molar-refractivity contribution is 0.0916. The highest BCUT2D eigenvalue weighted by Gasteiger charge is 2.47. The molecule has 7 nitrogen and oxygen atoms in total. The molecule has 0 saturated heterocycles. The van der Waals surface area contributed by atoms with Crippen molar-refractivity contribution in [2.45, 2.75) is 25.6 Å². The summed E-state index contributed by atoms with van der Waals surface area (Å²) in [6.45, 7) is 5.36. The van der Waals surface area contributed by atoms with E-state index in [4.69, 9.17) is 9.47 Å². The first kappa shape index (κ1) is 19.0. The van der Waals surface area contributed by atoms with Crippen LogP contribution < -0.4 is 14.5 Å². The maximum Gasteiger partial charge on any atom is 0.416 e. The molecule has 1 unspecified atom stereocenters. The summed E-state index contributed by atoms with van der Waals surface area (Å²) < 4.78 is 10.6. The number of aliphatic hydroxyl groups is 1. The van der Waals surface area contributed by atoms with Crippen molar-refractivity contribution in [3.05, 3.63) is 65.7 Å². The van der Waals surface area contributed by atoms with Crippen molar-refractivity contribution in [1.82, 2.24) is 0 Å². The highest BCUT2D eigenvalue weighted by molar-refractivity contribution is 6.14. The zero-order valence-electron chi connectivity index (χ0n) is 16.3. The van der Waals surface area contributed by atoms with Crippen molar-refractivity contribution in [2.24, 2.45) is 0 Å². The van der Waals surface area contributed by atoms with Gasteiger partial charge in [0, 0.05) is 5.69 Å². The largest absolute Gasteiger partial charge is 0.496 e. The molecule has 0 fully saturated rings. The van der Waals surface area contributed by atoms with Gasteiger partial charge >= 0.3 is 6.09 Å². The summed E-state index contributed by atoms with van der Waals surface area (Å²) in [6.07, 6.45) is -0.143. The van der Waals surface area contributed by atoms with Crippen LogP contribution in [0.1, 0.15) is 21.5 Å². The lowest BCUT2D eigenvalue weighted by Crippen LogP contribution is -2.52. The lowest BCUT2D eigenvalue weighted by Gasteiger charge is -2.31. The van der Waals surface area contributed by atoms with Gasteiger partial charge in [-0.15, -0.1) is 0 Å². The van der Waals surface area contributed by atoms with Gasteiger partial charge in [-0.05, 0) is 42.7 Å². The summed E-state index contributed by atoms with van der Waals surface area (Å²) in [5.41, 5.74) is 2.96. The molecule has 0 spiro atoms. The lowest BCUT2D eigenvalue weighted by atomic mass is 10.1. The summed E-state index contributed by atoms with van der Waals surface area (Å²) in [6, 6.07) is 10.1. The number of methoxy groups -OCH3 is 1. The van der Waals surface area contributed by atoms with E-state index in [2.05, 4.69) is 6.58 Å². The van der Waals surface area contributed by atoms with Crippen molar-refractivity contribution in [1.29, 1.82) is 0 Å². The molecule has 0 aliphatic carbocycles. The Kier molecular flexibility index (Phi) is 4.76. The Hall–Kier alpha value is -3.32. The number of nitrogens with zero attached hydrogens (tertiary/aromatic N) is 2. The fourth-order valence-corrected chi connectivity index (χ4v) is 4.03. The predicted molar refractivity (Wildman–Crippen MR) is 109 cm³/mol. The first-order valence-corrected chi connectivity index (χ1v) is 9.33. The van der Waals surface area contributed by atoms with E-state index in [0.717, 1.165) is 21.7 Å². The number of amides is 2. The smallest absolute Gasteiger partial charge is 0.416 e. The van der Waals surface area contributed by atoms with Gasteiger partial charge in [-0.1, -0.05) is 30.9 Å². The summed E-state index contributed by atoms with van der Waals surface area (Å²) >= 11 is 0. The molecule has 1 N–H and O–H groups in total. The van der Waals surface area contributed by atoms with Gasteiger partial charge in [0.2, 0.25) is 0 Å². The molecule has 0 bridgehead atoms. The van der Waals surface area contributed by atoms with E-state index in [-0.39, 0.29) is 18.1 Å². The zero-order valence-corrected chi connectivity index (χ0v) is 16.3. The molecule has 2 heterocycles. The van der Waals surface area contributed by atoms with Gasteiger partial charge in [0.15, 0.2) is 6.23 Å². The van der Waals surface area contributed by atoms with Crippen LogP contribution >= 0.6 is 0 Å². The molecule has 2 aromatic carbocycles. The maximum absolute atomic E-state index is 13.6. The van der Waals surface area contributed by atoms with E-state index in [0.29, 0.717) is 17.9 Å². The minimum absolute atomic E-state index is 0.00488. The van der Waals surface area contributed by atoms with Crippen LogP contribution in [0.25, 0.3) is 0 Å². The number of aryl methyl sites for hydroxylation is 1. The molecule has 2 atom stereocenters. The van der Waals surface area contributed by atoms with E-state index in [1.54, 1.807) is 17.0 Å². The minimum Gasteiger partial charge on any atom is -0.496 e. The summed E-state index contributed by atoms with van der Waals surface area (Å²) in [5.74, 6) is 0.225. The zero-order chi connectivity index (χ0) is 20.7. The minimum atomic E-state index is -1.28. The van der Waals surface area contributed by atoms with Crippen molar-refractivity contribution < 1.29 is 24.2 Å². The number of hydrogen-bond acceptors (Lipinski definition) is 5. The normalized spacial score (nSPS) is 19.8. The summed E-state index contributed by atoms with van der Waals surface area (Å²) in [7, 11) is 1.52. The molecule has 7 heteroatoms. The average Bonchev–Trinajstić information content (AvgIpc) is 3.08. The number of rotatable bonds is 3. The molecule has 2 aliphatic rings. The topological polar surface area (TPSA) is 79.3 Å². The van der Waals surface area contributed by atoms with Gasteiger partial charge in [0.05, 0.1) is 24.4 Å². The van der Waals surface area contributed by atoms with E-state index in [9.17, 15) is 14.7 Å². The molecule has 0 saturated carbocycles. The molecule has 4 rings (SSSR count). The number of aliphatic hydroxyl groups excluding tert-OH is 1. The maximum atomic E-state index is 13.6. The number of ether oxygens (including phenoxy) is 2. The van der Waals surface area contributed by atoms with Gasteiger partial charge < -0.3 is 19.5 Å². The van der Waals surface area contributed by atoms with Crippen molar-refractivity contribution in [3.8, 4) is 5.75 Å². The van der Waals surface area contributed by atoms with Crippen LogP contribution in [0.2, 0.25) is 0 Å². The Morgan fingerprint density at radius 3 is 2.79 bits per heavy atom. The van der Waals surface area contributed by atoms with Crippen molar-refractivity contribution >= 4 is 23.4 Å². The summed E-state index contributed by atoms with van der Waals surface area (Å²) in [4.78, 5) is 29.1. The van der Waals surface area contributed by atoms with Gasteiger partial charge in [0.25, 0.3) is 5.91 Å². The molecule has 2 aliphatic heterocycles. The summed E-state index contributed by atoms with van der Waals surface area (Å²) in [5, 5.41) is 11.2. The Morgan fingerprint density at radius 1 is 1.31 bits per heavy atom. The standard InChI is InChI=1S/C22H22N2O5/c1-4-9-29-22(27)24-17-10-13(2)19(28-3)12-15(17)20(25)23-16-8-6-5-7-14(16)11-18(23)21(24)26/h4-8,10,12,18,21,26H,1,9,11H2,2-3H3/t18-,21?/m0/s1. The Morgan fingerprint density at radius 2 is 2.07 bits per heavy atom. The number of para-hydroxylation sites is 1. The number of hydrogen-bond donors (Lipinski definition) is 1. The second-order valence-corrected chi connectivity index (χ2v) is 7.06. The monoisotopic (exact) mass is 394 g/mol. The van der Waals surface area contributed by atoms with E-state index < -0.39 is 18.4 Å². The Bertz CT molecular complexity index is 1000. The van der Waals surface area contributed by atoms with Gasteiger partial charge in [0.1, 0.15) is 12.4 Å².